The second-order valence-corrected chi connectivity index (χ2v) is 5.59. The SMILES string of the molecule is OC[C@H]1OC(C(O)C(O)C2O[C@H](CO)[C@@H](O)[C@H]2O)[C@H](O)[C@@H]1O. The minimum Gasteiger partial charge on any atom is -0.394 e. The summed E-state index contributed by atoms with van der Waals surface area (Å²) in [4.78, 5) is 0. The summed E-state index contributed by atoms with van der Waals surface area (Å²) < 4.78 is 10.2. The molecule has 0 amide bonds. The maximum absolute atomic E-state index is 10.1. The smallest absolute Gasteiger partial charge is 0.115 e. The van der Waals surface area contributed by atoms with Crippen LogP contribution in [0, 0.1) is 0 Å². The molecule has 2 rings (SSSR count). The minimum atomic E-state index is -1.76. The third-order valence-electron chi connectivity index (χ3n) is 4.18. The van der Waals surface area contributed by atoms with Gasteiger partial charge in [0.25, 0.3) is 0 Å². The van der Waals surface area contributed by atoms with Gasteiger partial charge in [-0.1, -0.05) is 0 Å². The Balaban J connectivity index is 2.05. The lowest BCUT2D eigenvalue weighted by Crippen LogP contribution is -2.52. The monoisotopic (exact) mass is 326 g/mol. The summed E-state index contributed by atoms with van der Waals surface area (Å²) >= 11 is 0. The topological polar surface area (TPSA) is 180 Å². The van der Waals surface area contributed by atoms with Gasteiger partial charge in [-0.05, 0) is 0 Å². The Morgan fingerprint density at radius 1 is 0.636 bits per heavy atom. The van der Waals surface area contributed by atoms with E-state index < -0.39 is 74.3 Å². The molecule has 2 saturated heterocycles. The number of hydrogen-bond donors (Lipinski definition) is 8. The Kier molecular flexibility index (Phi) is 5.72. The van der Waals surface area contributed by atoms with Crippen molar-refractivity contribution in [1.29, 1.82) is 0 Å². The number of rotatable bonds is 5. The number of aliphatic hydroxyl groups is 8. The molecule has 130 valence electrons. The number of aliphatic hydroxyl groups excluding tert-OH is 8. The predicted molar refractivity (Wildman–Crippen MR) is 67.5 cm³/mol. The van der Waals surface area contributed by atoms with Gasteiger partial charge < -0.3 is 50.3 Å². The first-order valence-corrected chi connectivity index (χ1v) is 6.94. The van der Waals surface area contributed by atoms with Crippen molar-refractivity contribution in [2.24, 2.45) is 0 Å². The first-order valence-electron chi connectivity index (χ1n) is 6.94. The molecule has 2 heterocycles. The lowest BCUT2D eigenvalue weighted by Gasteiger charge is -2.30. The molecule has 0 aromatic rings. The Morgan fingerprint density at radius 2 is 0.955 bits per heavy atom. The zero-order valence-electron chi connectivity index (χ0n) is 11.6. The normalized spacial score (nSPS) is 48.5. The molecule has 0 aliphatic carbocycles. The van der Waals surface area contributed by atoms with Crippen molar-refractivity contribution in [1.82, 2.24) is 0 Å². The Morgan fingerprint density at radius 3 is 1.18 bits per heavy atom. The van der Waals surface area contributed by atoms with E-state index in [9.17, 15) is 30.6 Å². The highest BCUT2D eigenvalue weighted by atomic mass is 16.6. The summed E-state index contributed by atoms with van der Waals surface area (Å²) in [6.45, 7) is -1.18. The summed E-state index contributed by atoms with van der Waals surface area (Å²) in [5, 5.41) is 76.9. The molecule has 8 N–H and O–H groups in total. The summed E-state index contributed by atoms with van der Waals surface area (Å²) in [5.74, 6) is 0. The molecular weight excluding hydrogens is 304 g/mol. The van der Waals surface area contributed by atoms with Crippen molar-refractivity contribution < 1.29 is 50.3 Å². The second kappa shape index (κ2) is 7.01. The van der Waals surface area contributed by atoms with Crippen molar-refractivity contribution in [3.8, 4) is 0 Å². The van der Waals surface area contributed by atoms with Crippen LogP contribution in [-0.2, 0) is 9.47 Å². The van der Waals surface area contributed by atoms with Crippen molar-refractivity contribution in [2.45, 2.75) is 61.0 Å². The molecule has 0 aromatic carbocycles. The van der Waals surface area contributed by atoms with Crippen LogP contribution in [0.4, 0.5) is 0 Å². The average Bonchev–Trinajstić information content (AvgIpc) is 2.96. The van der Waals surface area contributed by atoms with Gasteiger partial charge in [0.15, 0.2) is 0 Å². The van der Waals surface area contributed by atoms with Crippen LogP contribution in [0.1, 0.15) is 0 Å². The Bertz CT molecular complexity index is 334. The first-order chi connectivity index (χ1) is 10.3. The molecular formula is C12H22O10. The van der Waals surface area contributed by atoms with E-state index in [1.807, 2.05) is 0 Å². The maximum Gasteiger partial charge on any atom is 0.115 e. The zero-order chi connectivity index (χ0) is 16.6. The summed E-state index contributed by atoms with van der Waals surface area (Å²) in [6, 6.07) is 0. The van der Waals surface area contributed by atoms with Crippen LogP contribution < -0.4 is 0 Å². The van der Waals surface area contributed by atoms with E-state index in [2.05, 4.69) is 0 Å². The lowest BCUT2D eigenvalue weighted by atomic mass is 9.94. The molecule has 2 aliphatic rings. The Labute approximate surface area is 125 Å². The van der Waals surface area contributed by atoms with E-state index in [4.69, 9.17) is 19.7 Å². The van der Waals surface area contributed by atoms with E-state index in [1.165, 1.54) is 0 Å². The van der Waals surface area contributed by atoms with Gasteiger partial charge in [-0.2, -0.15) is 0 Å². The molecule has 0 bridgehead atoms. The summed E-state index contributed by atoms with van der Waals surface area (Å²) in [7, 11) is 0. The molecule has 10 heteroatoms. The second-order valence-electron chi connectivity index (χ2n) is 5.59. The lowest BCUT2D eigenvalue weighted by molar-refractivity contribution is -0.160. The van der Waals surface area contributed by atoms with E-state index in [0.717, 1.165) is 0 Å². The predicted octanol–water partition coefficient (Wildman–Crippen LogP) is -5.33. The molecule has 4 unspecified atom stereocenters. The third-order valence-corrected chi connectivity index (χ3v) is 4.18. The quantitative estimate of drug-likeness (QED) is 0.243. The van der Waals surface area contributed by atoms with Crippen LogP contribution in [0.25, 0.3) is 0 Å². The first kappa shape index (κ1) is 17.9. The van der Waals surface area contributed by atoms with Crippen molar-refractivity contribution in [3.63, 3.8) is 0 Å². The molecule has 0 radical (unpaired) electrons. The third kappa shape index (κ3) is 2.99. The molecule has 22 heavy (non-hydrogen) atoms. The maximum atomic E-state index is 10.1. The van der Waals surface area contributed by atoms with Gasteiger partial charge >= 0.3 is 0 Å². The van der Waals surface area contributed by atoms with Crippen LogP contribution in [-0.4, -0.2) is 115 Å². The molecule has 2 fully saturated rings. The van der Waals surface area contributed by atoms with Crippen molar-refractivity contribution in [3.05, 3.63) is 0 Å². The van der Waals surface area contributed by atoms with Crippen LogP contribution in [0.15, 0.2) is 0 Å². The zero-order valence-corrected chi connectivity index (χ0v) is 11.6. The van der Waals surface area contributed by atoms with Gasteiger partial charge in [0.2, 0.25) is 0 Å². The van der Waals surface area contributed by atoms with Crippen molar-refractivity contribution in [2.75, 3.05) is 13.2 Å². The fourth-order valence-electron chi connectivity index (χ4n) is 2.81. The molecule has 0 saturated carbocycles. The van der Waals surface area contributed by atoms with E-state index in [-0.39, 0.29) is 0 Å². The van der Waals surface area contributed by atoms with E-state index in [0.29, 0.717) is 0 Å². The summed E-state index contributed by atoms with van der Waals surface area (Å²) in [5.41, 5.74) is 0. The molecule has 0 spiro atoms. The fraction of sp³-hybridized carbons (Fsp3) is 1.00. The molecule has 2 aliphatic heterocycles. The minimum absolute atomic E-state index is 0.592. The van der Waals surface area contributed by atoms with Gasteiger partial charge in [0, 0.05) is 0 Å². The number of hydrogen-bond acceptors (Lipinski definition) is 10. The van der Waals surface area contributed by atoms with Crippen LogP contribution in [0.2, 0.25) is 0 Å². The largest absolute Gasteiger partial charge is 0.394 e. The van der Waals surface area contributed by atoms with E-state index in [1.54, 1.807) is 0 Å². The average molecular weight is 326 g/mol. The van der Waals surface area contributed by atoms with Crippen LogP contribution in [0.5, 0.6) is 0 Å². The highest BCUT2D eigenvalue weighted by molar-refractivity contribution is 5.01. The number of ether oxygens (including phenoxy) is 2. The molecule has 10 atom stereocenters. The van der Waals surface area contributed by atoms with Gasteiger partial charge in [-0.15, -0.1) is 0 Å². The fourth-order valence-corrected chi connectivity index (χ4v) is 2.81. The van der Waals surface area contributed by atoms with Crippen molar-refractivity contribution >= 4 is 0 Å². The Hall–Kier alpha value is -0.400. The highest BCUT2D eigenvalue weighted by Gasteiger charge is 2.52. The highest BCUT2D eigenvalue weighted by Crippen LogP contribution is 2.30. The van der Waals surface area contributed by atoms with Crippen LogP contribution in [0.3, 0.4) is 0 Å². The van der Waals surface area contributed by atoms with Gasteiger partial charge in [-0.25, -0.2) is 0 Å². The van der Waals surface area contributed by atoms with Gasteiger partial charge in [-0.3, -0.25) is 0 Å². The molecule has 0 aromatic heterocycles. The van der Waals surface area contributed by atoms with Gasteiger partial charge in [0.1, 0.15) is 61.0 Å². The van der Waals surface area contributed by atoms with Crippen LogP contribution >= 0.6 is 0 Å². The summed E-state index contributed by atoms with van der Waals surface area (Å²) in [6.07, 6.45) is -14.6. The molecule has 10 nitrogen and oxygen atoms in total. The standard InChI is InChI=1S/C12H22O10/c13-1-3-5(15)7(17)11(21-3)9(19)10(20)12-8(18)6(16)4(2-14)22-12/h3-20H,1-2H2/t3-,4-,5-,6-,7-,8-,9?,10?,11?,12?/m1/s1. The van der Waals surface area contributed by atoms with Gasteiger partial charge in [0.05, 0.1) is 13.2 Å². The van der Waals surface area contributed by atoms with E-state index >= 15 is 0 Å².